The van der Waals surface area contributed by atoms with Gasteiger partial charge in [-0.15, -0.1) is 0 Å². The van der Waals surface area contributed by atoms with Gasteiger partial charge in [-0.25, -0.2) is 4.98 Å². The highest BCUT2D eigenvalue weighted by atomic mass is 16.5. The van der Waals surface area contributed by atoms with E-state index < -0.39 is 0 Å². The number of benzene rings is 2. The molecule has 5 nitrogen and oxygen atoms in total. The summed E-state index contributed by atoms with van der Waals surface area (Å²) in [6.45, 7) is 2.10. The minimum absolute atomic E-state index is 0.108. The summed E-state index contributed by atoms with van der Waals surface area (Å²) in [4.78, 5) is 22.8. The van der Waals surface area contributed by atoms with Gasteiger partial charge in [0.1, 0.15) is 5.82 Å². The van der Waals surface area contributed by atoms with Crippen LogP contribution in [0.5, 0.6) is 0 Å². The average Bonchev–Trinajstić information content (AvgIpc) is 3.13. The molecule has 1 aliphatic rings. The Labute approximate surface area is 153 Å². The number of methoxy groups -OCH3 is 1. The van der Waals surface area contributed by atoms with Crippen LogP contribution in [0, 0.1) is 0 Å². The molecular formula is C21H23N3O2. The van der Waals surface area contributed by atoms with Crippen molar-refractivity contribution in [3.8, 4) is 0 Å². The smallest absolute Gasteiger partial charge is 0.253 e. The molecular weight excluding hydrogens is 326 g/mol. The van der Waals surface area contributed by atoms with Crippen molar-refractivity contribution in [3.05, 3.63) is 65.5 Å². The summed E-state index contributed by atoms with van der Waals surface area (Å²) in [5.74, 6) is 1.54. The number of hydrogen-bond donors (Lipinski definition) is 1. The standard InChI is InChI=1S/C21H23N3O2/c1-26-14-15-6-8-17(9-7-15)21(25)24-12-10-16(11-13-24)20-22-18-4-2-3-5-19(18)23-20/h2-9,16H,10-14H2,1H3,(H,22,23). The van der Waals surface area contributed by atoms with Crippen LogP contribution in [0.15, 0.2) is 48.5 Å². The van der Waals surface area contributed by atoms with Gasteiger partial charge in [0.05, 0.1) is 17.6 Å². The Morgan fingerprint density at radius 1 is 1.15 bits per heavy atom. The second-order valence-electron chi connectivity index (χ2n) is 6.84. The highest BCUT2D eigenvalue weighted by molar-refractivity contribution is 5.94. The maximum atomic E-state index is 12.7. The molecule has 0 atom stereocenters. The van der Waals surface area contributed by atoms with Crippen LogP contribution < -0.4 is 0 Å². The predicted molar refractivity (Wildman–Crippen MR) is 101 cm³/mol. The third-order valence-corrected chi connectivity index (χ3v) is 5.09. The van der Waals surface area contributed by atoms with Gasteiger partial charge in [-0.05, 0) is 42.7 Å². The monoisotopic (exact) mass is 349 g/mol. The molecule has 1 fully saturated rings. The lowest BCUT2D eigenvalue weighted by atomic mass is 9.95. The summed E-state index contributed by atoms with van der Waals surface area (Å²) in [5, 5.41) is 0. The molecule has 2 aromatic carbocycles. The lowest BCUT2D eigenvalue weighted by Crippen LogP contribution is -2.38. The number of amides is 1. The maximum absolute atomic E-state index is 12.7. The Kier molecular flexibility index (Phi) is 4.71. The van der Waals surface area contributed by atoms with Gasteiger partial charge >= 0.3 is 0 Å². The minimum Gasteiger partial charge on any atom is -0.380 e. The molecule has 1 aromatic heterocycles. The number of aromatic amines is 1. The van der Waals surface area contributed by atoms with E-state index in [9.17, 15) is 4.79 Å². The number of H-pyrrole nitrogens is 1. The number of rotatable bonds is 4. The fourth-order valence-electron chi connectivity index (χ4n) is 3.61. The maximum Gasteiger partial charge on any atom is 0.253 e. The first-order chi connectivity index (χ1) is 12.7. The number of piperidine rings is 1. The average molecular weight is 349 g/mol. The van der Waals surface area contributed by atoms with Gasteiger partial charge in [0.15, 0.2) is 0 Å². The molecule has 0 aliphatic carbocycles. The van der Waals surface area contributed by atoms with Gasteiger partial charge in [0.2, 0.25) is 0 Å². The highest BCUT2D eigenvalue weighted by Gasteiger charge is 2.26. The van der Waals surface area contributed by atoms with Gasteiger partial charge in [-0.2, -0.15) is 0 Å². The number of hydrogen-bond acceptors (Lipinski definition) is 3. The van der Waals surface area contributed by atoms with E-state index in [0.717, 1.165) is 53.9 Å². The molecule has 1 amide bonds. The number of nitrogens with one attached hydrogen (secondary N) is 1. The minimum atomic E-state index is 0.108. The Hall–Kier alpha value is -2.66. The van der Waals surface area contributed by atoms with Crippen molar-refractivity contribution in [1.82, 2.24) is 14.9 Å². The summed E-state index contributed by atoms with van der Waals surface area (Å²) in [6, 6.07) is 15.8. The van der Waals surface area contributed by atoms with Gasteiger partial charge in [-0.3, -0.25) is 4.79 Å². The van der Waals surface area contributed by atoms with Crippen LogP contribution in [0.3, 0.4) is 0 Å². The van der Waals surface area contributed by atoms with Gasteiger partial charge in [0.25, 0.3) is 5.91 Å². The number of carbonyl (C=O) groups excluding carboxylic acids is 1. The van der Waals surface area contributed by atoms with E-state index in [4.69, 9.17) is 9.72 Å². The van der Waals surface area contributed by atoms with E-state index in [1.807, 2.05) is 47.4 Å². The third kappa shape index (κ3) is 3.35. The van der Waals surface area contributed by atoms with Crippen molar-refractivity contribution in [3.63, 3.8) is 0 Å². The molecule has 0 saturated carbocycles. The summed E-state index contributed by atoms with van der Waals surface area (Å²) in [5.41, 5.74) is 3.91. The Bertz CT molecular complexity index is 860. The molecule has 3 aromatic rings. The number of imidazole rings is 1. The number of aromatic nitrogens is 2. The van der Waals surface area contributed by atoms with Crippen molar-refractivity contribution >= 4 is 16.9 Å². The molecule has 2 heterocycles. The Morgan fingerprint density at radius 2 is 1.88 bits per heavy atom. The number of carbonyl (C=O) groups is 1. The van der Waals surface area contributed by atoms with Crippen LogP contribution in [-0.4, -0.2) is 41.0 Å². The number of fused-ring (bicyclic) bond motifs is 1. The van der Waals surface area contributed by atoms with Crippen LogP contribution in [0.1, 0.15) is 40.5 Å². The van der Waals surface area contributed by atoms with E-state index in [1.165, 1.54) is 0 Å². The van der Waals surface area contributed by atoms with Crippen molar-refractivity contribution in [2.24, 2.45) is 0 Å². The lowest BCUT2D eigenvalue weighted by molar-refractivity contribution is 0.0711. The summed E-state index contributed by atoms with van der Waals surface area (Å²) >= 11 is 0. The van der Waals surface area contributed by atoms with Crippen LogP contribution in [0.25, 0.3) is 11.0 Å². The fourth-order valence-corrected chi connectivity index (χ4v) is 3.61. The van der Waals surface area contributed by atoms with E-state index in [0.29, 0.717) is 12.5 Å². The SMILES string of the molecule is COCc1ccc(C(=O)N2CCC(c3nc4ccccc4[nH]3)CC2)cc1. The Balaban J connectivity index is 1.40. The molecule has 1 saturated heterocycles. The lowest BCUT2D eigenvalue weighted by Gasteiger charge is -2.31. The topological polar surface area (TPSA) is 58.2 Å². The largest absolute Gasteiger partial charge is 0.380 e. The van der Waals surface area contributed by atoms with Crippen molar-refractivity contribution in [2.75, 3.05) is 20.2 Å². The van der Waals surface area contributed by atoms with Crippen LogP contribution in [0.4, 0.5) is 0 Å². The Morgan fingerprint density at radius 3 is 2.58 bits per heavy atom. The molecule has 0 unspecified atom stereocenters. The van der Waals surface area contributed by atoms with Crippen LogP contribution >= 0.6 is 0 Å². The van der Waals surface area contributed by atoms with Crippen LogP contribution in [-0.2, 0) is 11.3 Å². The zero-order valence-electron chi connectivity index (χ0n) is 14.9. The summed E-state index contributed by atoms with van der Waals surface area (Å²) in [7, 11) is 1.67. The first-order valence-corrected chi connectivity index (χ1v) is 9.06. The number of likely N-dealkylation sites (tertiary alicyclic amines) is 1. The second-order valence-corrected chi connectivity index (χ2v) is 6.84. The molecule has 1 N–H and O–H groups in total. The molecule has 5 heteroatoms. The van der Waals surface area contributed by atoms with E-state index in [2.05, 4.69) is 11.1 Å². The summed E-state index contributed by atoms with van der Waals surface area (Å²) in [6.07, 6.45) is 1.88. The first kappa shape index (κ1) is 16.8. The van der Waals surface area contributed by atoms with Crippen LogP contribution in [0.2, 0.25) is 0 Å². The summed E-state index contributed by atoms with van der Waals surface area (Å²) < 4.78 is 5.12. The molecule has 4 rings (SSSR count). The molecule has 26 heavy (non-hydrogen) atoms. The van der Waals surface area contributed by atoms with E-state index in [-0.39, 0.29) is 5.91 Å². The first-order valence-electron chi connectivity index (χ1n) is 9.06. The number of nitrogens with zero attached hydrogens (tertiary/aromatic N) is 2. The fraction of sp³-hybridized carbons (Fsp3) is 0.333. The molecule has 134 valence electrons. The van der Waals surface area contributed by atoms with E-state index in [1.54, 1.807) is 7.11 Å². The zero-order valence-corrected chi connectivity index (χ0v) is 14.9. The molecule has 1 aliphatic heterocycles. The van der Waals surface area contributed by atoms with E-state index >= 15 is 0 Å². The number of ether oxygens (including phenoxy) is 1. The molecule has 0 spiro atoms. The zero-order chi connectivity index (χ0) is 17.9. The van der Waals surface area contributed by atoms with Crippen molar-refractivity contribution < 1.29 is 9.53 Å². The quantitative estimate of drug-likeness (QED) is 0.781. The van der Waals surface area contributed by atoms with Crippen molar-refractivity contribution in [1.29, 1.82) is 0 Å². The molecule has 0 bridgehead atoms. The molecule has 0 radical (unpaired) electrons. The second kappa shape index (κ2) is 7.30. The highest BCUT2D eigenvalue weighted by Crippen LogP contribution is 2.28. The third-order valence-electron chi connectivity index (χ3n) is 5.09. The predicted octanol–water partition coefficient (Wildman–Crippen LogP) is 3.73. The number of para-hydroxylation sites is 2. The normalized spacial score (nSPS) is 15.5. The van der Waals surface area contributed by atoms with Crippen molar-refractivity contribution in [2.45, 2.75) is 25.4 Å². The van der Waals surface area contributed by atoms with Gasteiger partial charge in [0, 0.05) is 31.7 Å². The van der Waals surface area contributed by atoms with Gasteiger partial charge < -0.3 is 14.6 Å². The van der Waals surface area contributed by atoms with Gasteiger partial charge in [-0.1, -0.05) is 24.3 Å².